The molecule has 1 amide bonds. The van der Waals surface area contributed by atoms with Gasteiger partial charge in [-0.1, -0.05) is 24.3 Å². The summed E-state index contributed by atoms with van der Waals surface area (Å²) in [4.78, 5) is 13.6. The van der Waals surface area contributed by atoms with Gasteiger partial charge in [0.05, 0.1) is 5.69 Å². The van der Waals surface area contributed by atoms with Gasteiger partial charge in [-0.3, -0.25) is 4.79 Å². The number of amides is 1. The molecule has 1 saturated heterocycles. The predicted octanol–water partition coefficient (Wildman–Crippen LogP) is 2.73. The van der Waals surface area contributed by atoms with Crippen LogP contribution < -0.4 is 10.2 Å². The third-order valence-electron chi connectivity index (χ3n) is 3.61. The molecule has 0 bridgehead atoms. The van der Waals surface area contributed by atoms with Gasteiger partial charge < -0.3 is 10.2 Å². The average Bonchev–Trinajstić information content (AvgIpc) is 2.92. The SMILES string of the molecule is CC=CCC(=O)NCC1CCN(c2ccccc2F)C1. The molecule has 0 spiro atoms. The molecule has 2 rings (SSSR count). The molecule has 1 atom stereocenters. The fourth-order valence-corrected chi connectivity index (χ4v) is 2.48. The van der Waals surface area contributed by atoms with E-state index in [9.17, 15) is 9.18 Å². The third-order valence-corrected chi connectivity index (χ3v) is 3.61. The molecule has 1 heterocycles. The van der Waals surface area contributed by atoms with Crippen LogP contribution in [0.5, 0.6) is 0 Å². The van der Waals surface area contributed by atoms with Crippen molar-refractivity contribution >= 4 is 11.6 Å². The number of hydrogen-bond donors (Lipinski definition) is 1. The summed E-state index contributed by atoms with van der Waals surface area (Å²) in [5.41, 5.74) is 0.662. The Bertz CT molecular complexity index is 487. The molecule has 1 aromatic rings. The highest BCUT2D eigenvalue weighted by Gasteiger charge is 2.24. The zero-order valence-corrected chi connectivity index (χ0v) is 11.8. The second-order valence-electron chi connectivity index (χ2n) is 5.13. The molecule has 108 valence electrons. The minimum absolute atomic E-state index is 0.0486. The van der Waals surface area contributed by atoms with Crippen molar-refractivity contribution in [1.29, 1.82) is 0 Å². The number of benzene rings is 1. The van der Waals surface area contributed by atoms with Gasteiger partial charge in [0.1, 0.15) is 5.82 Å². The Kier molecular flexibility index (Phi) is 5.16. The first kappa shape index (κ1) is 14.6. The summed E-state index contributed by atoms with van der Waals surface area (Å²) in [5, 5.41) is 2.94. The molecular weight excluding hydrogens is 255 g/mol. The maximum Gasteiger partial charge on any atom is 0.223 e. The normalized spacial score (nSPS) is 18.7. The molecule has 0 radical (unpaired) electrons. The zero-order chi connectivity index (χ0) is 14.4. The lowest BCUT2D eigenvalue weighted by Crippen LogP contribution is -2.30. The number of carbonyl (C=O) groups excluding carboxylic acids is 1. The first-order valence-corrected chi connectivity index (χ1v) is 7.08. The minimum atomic E-state index is -0.176. The van der Waals surface area contributed by atoms with E-state index in [1.54, 1.807) is 6.07 Å². The molecule has 3 nitrogen and oxygen atoms in total. The first-order chi connectivity index (χ1) is 9.70. The van der Waals surface area contributed by atoms with E-state index in [-0.39, 0.29) is 11.7 Å². The lowest BCUT2D eigenvalue weighted by molar-refractivity contribution is -0.120. The van der Waals surface area contributed by atoms with E-state index in [4.69, 9.17) is 0 Å². The van der Waals surface area contributed by atoms with E-state index in [2.05, 4.69) is 10.2 Å². The predicted molar refractivity (Wildman–Crippen MR) is 79.2 cm³/mol. The molecule has 1 N–H and O–H groups in total. The van der Waals surface area contributed by atoms with Gasteiger partial charge in [-0.25, -0.2) is 4.39 Å². The summed E-state index contributed by atoms with van der Waals surface area (Å²) in [6, 6.07) is 6.85. The van der Waals surface area contributed by atoms with Gasteiger partial charge in [-0.05, 0) is 31.4 Å². The Morgan fingerprint density at radius 2 is 2.30 bits per heavy atom. The monoisotopic (exact) mass is 276 g/mol. The van der Waals surface area contributed by atoms with Crippen LogP contribution in [0.2, 0.25) is 0 Å². The molecule has 1 unspecified atom stereocenters. The van der Waals surface area contributed by atoms with Crippen LogP contribution in [-0.2, 0) is 4.79 Å². The van der Waals surface area contributed by atoms with E-state index in [1.165, 1.54) is 6.07 Å². The van der Waals surface area contributed by atoms with E-state index >= 15 is 0 Å². The van der Waals surface area contributed by atoms with Gasteiger partial charge in [0, 0.05) is 26.1 Å². The summed E-state index contributed by atoms with van der Waals surface area (Å²) in [5.74, 6) is 0.266. The number of carbonyl (C=O) groups is 1. The molecule has 0 aromatic heterocycles. The van der Waals surface area contributed by atoms with Crippen LogP contribution in [0.4, 0.5) is 10.1 Å². The van der Waals surface area contributed by atoms with Crippen LogP contribution >= 0.6 is 0 Å². The average molecular weight is 276 g/mol. The molecule has 20 heavy (non-hydrogen) atoms. The fourth-order valence-electron chi connectivity index (χ4n) is 2.48. The van der Waals surface area contributed by atoms with Crippen molar-refractivity contribution in [3.63, 3.8) is 0 Å². The minimum Gasteiger partial charge on any atom is -0.369 e. The quantitative estimate of drug-likeness (QED) is 0.839. The molecule has 1 aromatic carbocycles. The topological polar surface area (TPSA) is 32.3 Å². The van der Waals surface area contributed by atoms with Crippen LogP contribution in [0, 0.1) is 11.7 Å². The van der Waals surface area contributed by atoms with Gasteiger partial charge in [0.25, 0.3) is 0 Å². The number of para-hydroxylation sites is 1. The summed E-state index contributed by atoms with van der Waals surface area (Å²) >= 11 is 0. The number of rotatable bonds is 5. The number of hydrogen-bond acceptors (Lipinski definition) is 2. The number of nitrogens with one attached hydrogen (secondary N) is 1. The Hall–Kier alpha value is -1.84. The number of anilines is 1. The van der Waals surface area contributed by atoms with Crippen molar-refractivity contribution in [3.05, 3.63) is 42.2 Å². The van der Waals surface area contributed by atoms with Crippen LogP contribution in [0.15, 0.2) is 36.4 Å². The Morgan fingerprint density at radius 3 is 3.05 bits per heavy atom. The Morgan fingerprint density at radius 1 is 1.50 bits per heavy atom. The van der Waals surface area contributed by atoms with Crippen molar-refractivity contribution in [2.75, 3.05) is 24.5 Å². The van der Waals surface area contributed by atoms with Gasteiger partial charge in [0.15, 0.2) is 0 Å². The van der Waals surface area contributed by atoms with Crippen molar-refractivity contribution in [1.82, 2.24) is 5.32 Å². The Balaban J connectivity index is 1.81. The lowest BCUT2D eigenvalue weighted by atomic mass is 10.1. The van der Waals surface area contributed by atoms with Crippen LogP contribution in [0.25, 0.3) is 0 Å². The summed E-state index contributed by atoms with van der Waals surface area (Å²) in [7, 11) is 0. The molecular formula is C16H21FN2O. The van der Waals surface area contributed by atoms with Gasteiger partial charge in [-0.15, -0.1) is 0 Å². The highest BCUT2D eigenvalue weighted by molar-refractivity contribution is 5.77. The Labute approximate surface area is 119 Å². The largest absolute Gasteiger partial charge is 0.369 e. The number of halogens is 1. The number of nitrogens with zero attached hydrogens (tertiary/aromatic N) is 1. The standard InChI is InChI=1S/C16H21FN2O/c1-2-3-8-16(20)18-11-13-9-10-19(12-13)15-7-5-4-6-14(15)17/h2-7,13H,8-12H2,1H3,(H,18,20). The van der Waals surface area contributed by atoms with Crippen LogP contribution in [0.3, 0.4) is 0 Å². The van der Waals surface area contributed by atoms with E-state index in [0.29, 0.717) is 24.6 Å². The molecule has 0 aliphatic carbocycles. The summed E-state index contributed by atoms with van der Waals surface area (Å²) < 4.78 is 13.7. The smallest absolute Gasteiger partial charge is 0.223 e. The lowest BCUT2D eigenvalue weighted by Gasteiger charge is -2.19. The first-order valence-electron chi connectivity index (χ1n) is 7.08. The van der Waals surface area contributed by atoms with Crippen molar-refractivity contribution in [2.45, 2.75) is 19.8 Å². The zero-order valence-electron chi connectivity index (χ0n) is 11.8. The highest BCUT2D eigenvalue weighted by Crippen LogP contribution is 2.25. The molecule has 4 heteroatoms. The second-order valence-corrected chi connectivity index (χ2v) is 5.13. The van der Waals surface area contributed by atoms with Crippen LogP contribution in [-0.4, -0.2) is 25.5 Å². The summed E-state index contributed by atoms with van der Waals surface area (Å²) in [6.45, 7) is 4.21. The molecule has 1 fully saturated rings. The third kappa shape index (κ3) is 3.83. The highest BCUT2D eigenvalue weighted by atomic mass is 19.1. The van der Waals surface area contributed by atoms with E-state index in [0.717, 1.165) is 19.5 Å². The second kappa shape index (κ2) is 7.08. The van der Waals surface area contributed by atoms with Gasteiger partial charge in [-0.2, -0.15) is 0 Å². The molecule has 1 aliphatic rings. The maximum atomic E-state index is 13.7. The maximum absolute atomic E-state index is 13.7. The molecule has 0 saturated carbocycles. The van der Waals surface area contributed by atoms with E-state index < -0.39 is 0 Å². The number of allylic oxidation sites excluding steroid dienone is 1. The van der Waals surface area contributed by atoms with E-state index in [1.807, 2.05) is 31.2 Å². The van der Waals surface area contributed by atoms with Gasteiger partial charge in [0.2, 0.25) is 5.91 Å². The van der Waals surface area contributed by atoms with Crippen molar-refractivity contribution in [3.8, 4) is 0 Å². The summed E-state index contributed by atoms with van der Waals surface area (Å²) in [6.07, 6.45) is 5.13. The van der Waals surface area contributed by atoms with Crippen molar-refractivity contribution in [2.24, 2.45) is 5.92 Å². The fraction of sp³-hybridized carbons (Fsp3) is 0.438. The van der Waals surface area contributed by atoms with Gasteiger partial charge >= 0.3 is 0 Å². The molecule has 1 aliphatic heterocycles. The van der Waals surface area contributed by atoms with Crippen molar-refractivity contribution < 1.29 is 9.18 Å². The van der Waals surface area contributed by atoms with Crippen LogP contribution in [0.1, 0.15) is 19.8 Å².